The Morgan fingerprint density at radius 3 is 2.24 bits per heavy atom. The third kappa shape index (κ3) is 11.2. The molecule has 0 radical (unpaired) electrons. The predicted molar refractivity (Wildman–Crippen MR) is 214 cm³/mol. The molecular formula is C42H68N6O6. The fraction of sp³-hybridized carbons (Fsp3) is 0.690. The van der Waals surface area contributed by atoms with Crippen LogP contribution in [0.3, 0.4) is 0 Å². The number of fused-ring (bicyclic) bond motifs is 1. The Balaban J connectivity index is 1.71. The van der Waals surface area contributed by atoms with E-state index in [-0.39, 0.29) is 59.9 Å². The van der Waals surface area contributed by atoms with Crippen LogP contribution in [0.4, 0.5) is 0 Å². The Labute approximate surface area is 324 Å². The molecule has 1 fully saturated rings. The number of nitrogens with one attached hydrogen (secondary N) is 2. The Morgan fingerprint density at radius 2 is 1.65 bits per heavy atom. The predicted octanol–water partition coefficient (Wildman–Crippen LogP) is 4.54. The molecule has 1 aromatic heterocycles. The molecule has 1 saturated heterocycles. The van der Waals surface area contributed by atoms with E-state index in [1.165, 1.54) is 0 Å². The SMILES string of the molecule is CC[C@H](C)C([C@@H](CC(=O)N1CCC[C@H]1[C@H](OC)[C@@H](C)C(=O)NCCc1cnc2ccccc2c1)OC)N(C)C(=O)[C@@H](NC(=O)[C@H](C(C)C)N(C)C)C(C)C. The summed E-state index contributed by atoms with van der Waals surface area (Å²) in [5, 5.41) is 7.18. The zero-order chi connectivity index (χ0) is 40.3. The lowest BCUT2D eigenvalue weighted by molar-refractivity contribution is -0.148. The molecule has 1 aliphatic heterocycles. The van der Waals surface area contributed by atoms with Gasteiger partial charge in [0.05, 0.1) is 48.2 Å². The number of benzene rings is 1. The Hall–Kier alpha value is -3.61. The normalized spacial score (nSPS) is 18.6. The zero-order valence-corrected chi connectivity index (χ0v) is 34.9. The van der Waals surface area contributed by atoms with Gasteiger partial charge in [-0.25, -0.2) is 0 Å². The molecule has 4 amide bonds. The van der Waals surface area contributed by atoms with Crippen molar-refractivity contribution in [3.05, 3.63) is 42.1 Å². The van der Waals surface area contributed by atoms with E-state index in [2.05, 4.69) is 35.5 Å². The molecule has 2 heterocycles. The number of hydrogen-bond acceptors (Lipinski definition) is 8. The standard InChI is InChI=1S/C42H68N6O6/c1-13-28(6)38(47(10)42(52)36(26(2)3)45-41(51)37(27(4)5)46(8)9)34(53-11)24-35(49)48-22-16-19-33(48)39(54-12)29(7)40(50)43-21-20-30-23-31-17-14-15-18-32(31)44-25-30/h14-15,17-18,23,25-29,33-34,36-39H,13,16,19-22,24H2,1-12H3,(H,43,50)(H,45,51)/t28-,29+,33-,34+,36-,37-,38?,39+/m0/s1. The lowest BCUT2D eigenvalue weighted by Crippen LogP contribution is -2.59. The molecule has 1 aromatic carbocycles. The fourth-order valence-corrected chi connectivity index (χ4v) is 8.16. The molecule has 3 rings (SSSR count). The van der Waals surface area contributed by atoms with Gasteiger partial charge in [0, 0.05) is 45.9 Å². The third-order valence-electron chi connectivity index (χ3n) is 11.3. The Bertz CT molecular complexity index is 1530. The number of likely N-dealkylation sites (tertiary alicyclic amines) is 1. The number of amides is 4. The quantitative estimate of drug-likeness (QED) is 0.202. The van der Waals surface area contributed by atoms with Crippen LogP contribution in [0.5, 0.6) is 0 Å². The van der Waals surface area contributed by atoms with Gasteiger partial charge in [0.15, 0.2) is 0 Å². The molecule has 54 heavy (non-hydrogen) atoms. The third-order valence-corrected chi connectivity index (χ3v) is 11.3. The van der Waals surface area contributed by atoms with Crippen molar-refractivity contribution in [1.82, 2.24) is 30.3 Å². The van der Waals surface area contributed by atoms with Crippen LogP contribution in [-0.4, -0.2) is 128 Å². The number of aromatic nitrogens is 1. The second kappa shape index (κ2) is 20.9. The highest BCUT2D eigenvalue weighted by atomic mass is 16.5. The minimum atomic E-state index is -0.745. The number of methoxy groups -OCH3 is 2. The van der Waals surface area contributed by atoms with E-state index in [0.717, 1.165) is 35.7 Å². The number of hydrogen-bond donors (Lipinski definition) is 2. The first kappa shape index (κ1) is 44.8. The van der Waals surface area contributed by atoms with Crippen molar-refractivity contribution >= 4 is 34.5 Å². The topological polar surface area (TPSA) is 133 Å². The molecule has 0 saturated carbocycles. The van der Waals surface area contributed by atoms with Gasteiger partial charge in [-0.3, -0.25) is 29.1 Å². The van der Waals surface area contributed by atoms with Gasteiger partial charge in [-0.15, -0.1) is 0 Å². The maximum atomic E-state index is 14.2. The molecule has 0 bridgehead atoms. The summed E-state index contributed by atoms with van der Waals surface area (Å²) in [6, 6.07) is 8.22. The number of para-hydroxylation sites is 1. The van der Waals surface area contributed by atoms with Crippen molar-refractivity contribution in [2.24, 2.45) is 23.7 Å². The maximum absolute atomic E-state index is 14.2. The fourth-order valence-electron chi connectivity index (χ4n) is 8.16. The van der Waals surface area contributed by atoms with Crippen LogP contribution in [0.2, 0.25) is 0 Å². The van der Waals surface area contributed by atoms with Gasteiger partial charge >= 0.3 is 0 Å². The van der Waals surface area contributed by atoms with E-state index in [4.69, 9.17) is 9.47 Å². The summed E-state index contributed by atoms with van der Waals surface area (Å²) < 4.78 is 12.0. The summed E-state index contributed by atoms with van der Waals surface area (Å²) >= 11 is 0. The van der Waals surface area contributed by atoms with Gasteiger partial charge in [-0.05, 0) is 68.8 Å². The molecule has 302 valence electrons. The number of pyridine rings is 1. The summed E-state index contributed by atoms with van der Waals surface area (Å²) in [5.41, 5.74) is 1.98. The van der Waals surface area contributed by atoms with Gasteiger partial charge < -0.3 is 29.9 Å². The second-order valence-electron chi connectivity index (χ2n) is 16.0. The largest absolute Gasteiger partial charge is 0.379 e. The first-order valence-electron chi connectivity index (χ1n) is 19.8. The number of nitrogens with zero attached hydrogens (tertiary/aromatic N) is 4. The van der Waals surface area contributed by atoms with E-state index in [1.807, 2.05) is 89.0 Å². The molecular weight excluding hydrogens is 684 g/mol. The highest BCUT2D eigenvalue weighted by Gasteiger charge is 2.43. The van der Waals surface area contributed by atoms with Crippen molar-refractivity contribution in [2.75, 3.05) is 48.5 Å². The van der Waals surface area contributed by atoms with Crippen LogP contribution >= 0.6 is 0 Å². The van der Waals surface area contributed by atoms with Crippen molar-refractivity contribution < 1.29 is 28.7 Å². The first-order valence-corrected chi connectivity index (χ1v) is 19.8. The maximum Gasteiger partial charge on any atom is 0.245 e. The van der Waals surface area contributed by atoms with Gasteiger partial charge in [-0.1, -0.05) is 73.1 Å². The number of rotatable bonds is 20. The minimum Gasteiger partial charge on any atom is -0.379 e. The monoisotopic (exact) mass is 753 g/mol. The van der Waals surface area contributed by atoms with Crippen molar-refractivity contribution in [2.45, 2.75) is 117 Å². The summed E-state index contributed by atoms with van der Waals surface area (Å²) in [5.74, 6) is -1.23. The summed E-state index contributed by atoms with van der Waals surface area (Å²) in [7, 11) is 8.66. The molecule has 8 atom stereocenters. The molecule has 1 aliphatic rings. The molecule has 12 nitrogen and oxygen atoms in total. The van der Waals surface area contributed by atoms with Crippen LogP contribution in [0.15, 0.2) is 36.5 Å². The van der Waals surface area contributed by atoms with Crippen molar-refractivity contribution in [1.29, 1.82) is 0 Å². The van der Waals surface area contributed by atoms with Gasteiger partial charge in [0.25, 0.3) is 0 Å². The zero-order valence-electron chi connectivity index (χ0n) is 34.9. The van der Waals surface area contributed by atoms with E-state index in [9.17, 15) is 19.2 Å². The molecule has 2 aromatic rings. The highest BCUT2D eigenvalue weighted by Crippen LogP contribution is 2.30. The lowest BCUT2D eigenvalue weighted by atomic mass is 9.89. The summed E-state index contributed by atoms with van der Waals surface area (Å²) in [4.78, 5) is 65.2. The molecule has 12 heteroatoms. The summed E-state index contributed by atoms with van der Waals surface area (Å²) in [6.07, 6.45) is 3.73. The summed E-state index contributed by atoms with van der Waals surface area (Å²) in [6.45, 7) is 14.8. The van der Waals surface area contributed by atoms with Crippen LogP contribution in [0, 0.1) is 23.7 Å². The number of carbonyl (C=O) groups is 4. The number of carbonyl (C=O) groups excluding carboxylic acids is 4. The van der Waals surface area contributed by atoms with Crippen LogP contribution in [0.25, 0.3) is 10.9 Å². The molecule has 0 spiro atoms. The average molecular weight is 753 g/mol. The van der Waals surface area contributed by atoms with Crippen LogP contribution < -0.4 is 10.6 Å². The lowest BCUT2D eigenvalue weighted by Gasteiger charge is -2.41. The highest BCUT2D eigenvalue weighted by molar-refractivity contribution is 5.90. The number of ether oxygens (including phenoxy) is 2. The minimum absolute atomic E-state index is 0.000562. The van der Waals surface area contributed by atoms with E-state index >= 15 is 0 Å². The van der Waals surface area contributed by atoms with Gasteiger partial charge in [0.2, 0.25) is 23.6 Å². The second-order valence-corrected chi connectivity index (χ2v) is 16.0. The van der Waals surface area contributed by atoms with Gasteiger partial charge in [-0.2, -0.15) is 0 Å². The number of likely N-dealkylation sites (N-methyl/N-ethyl adjacent to an activating group) is 2. The van der Waals surface area contributed by atoms with Crippen LogP contribution in [-0.2, 0) is 35.1 Å². The smallest absolute Gasteiger partial charge is 0.245 e. The van der Waals surface area contributed by atoms with E-state index in [1.54, 1.807) is 26.2 Å². The Kier molecular flexibility index (Phi) is 17.3. The van der Waals surface area contributed by atoms with Crippen LogP contribution in [0.1, 0.15) is 79.7 Å². The van der Waals surface area contributed by atoms with Crippen molar-refractivity contribution in [3.8, 4) is 0 Å². The molecule has 2 N–H and O–H groups in total. The van der Waals surface area contributed by atoms with Crippen molar-refractivity contribution in [3.63, 3.8) is 0 Å². The Morgan fingerprint density at radius 1 is 0.963 bits per heavy atom. The molecule has 1 unspecified atom stereocenters. The van der Waals surface area contributed by atoms with Gasteiger partial charge in [0.1, 0.15) is 6.04 Å². The van der Waals surface area contributed by atoms with E-state index < -0.39 is 30.2 Å². The first-order chi connectivity index (χ1) is 25.6. The van der Waals surface area contributed by atoms with E-state index in [0.29, 0.717) is 19.5 Å². The molecule has 0 aliphatic carbocycles. The average Bonchev–Trinajstić information content (AvgIpc) is 3.62.